The van der Waals surface area contributed by atoms with E-state index < -0.39 is 56.6 Å². The van der Waals surface area contributed by atoms with Crippen LogP contribution in [0.25, 0.3) is 0 Å². The van der Waals surface area contributed by atoms with E-state index in [4.69, 9.17) is 40.7 Å². The number of aliphatic imine (C=N–C) groups is 2. The molecule has 0 saturated heterocycles. The first kappa shape index (κ1) is 51.6. The van der Waals surface area contributed by atoms with Crippen molar-refractivity contribution < 1.29 is 40.9 Å². The van der Waals surface area contributed by atoms with Gasteiger partial charge in [0.2, 0.25) is 0 Å². The van der Waals surface area contributed by atoms with Crippen molar-refractivity contribution in [1.82, 2.24) is 5.32 Å². The van der Waals surface area contributed by atoms with Crippen LogP contribution in [0, 0.1) is 11.8 Å². The summed E-state index contributed by atoms with van der Waals surface area (Å²) < 4.78 is 44.8. The van der Waals surface area contributed by atoms with Crippen molar-refractivity contribution in [3.63, 3.8) is 0 Å². The highest BCUT2D eigenvalue weighted by Gasteiger charge is 2.43. The van der Waals surface area contributed by atoms with Crippen molar-refractivity contribution in [3.05, 3.63) is 77.4 Å². The van der Waals surface area contributed by atoms with Gasteiger partial charge in [0, 0.05) is 23.3 Å². The fourth-order valence-electron chi connectivity index (χ4n) is 7.91. The lowest BCUT2D eigenvalue weighted by atomic mass is 10.1. The van der Waals surface area contributed by atoms with Gasteiger partial charge in [0.15, 0.2) is 39.4 Å². The standard InChI is InChI=1S/C44H75N3O9Si6/c1-32(30-61(16,53-57(4,5)6)54-58(7,8)9)28-51-36-22-24-38(40(48)26-36)43-45-42(34-18-20-35(50-3)21-19-34)46-44(47-43)39-25-23-37(27-41(39)49)52-29-33(2)31-62(17,55-59(10,11)12)56-60(13,14)15/h18-27,32-33,43,48-49H,28-31H2,1-17H3,(H,45,46,47). The van der Waals surface area contributed by atoms with E-state index in [0.717, 1.165) is 17.7 Å². The van der Waals surface area contributed by atoms with Crippen LogP contribution in [-0.2, 0) is 16.5 Å². The van der Waals surface area contributed by atoms with E-state index >= 15 is 0 Å². The molecule has 1 heterocycles. The number of rotatable bonds is 22. The predicted octanol–water partition coefficient (Wildman–Crippen LogP) is 11.2. The van der Waals surface area contributed by atoms with Gasteiger partial charge in [-0.25, -0.2) is 9.98 Å². The number of hydrogen-bond donors (Lipinski definition) is 3. The molecule has 0 aliphatic carbocycles. The fourth-order valence-corrected chi connectivity index (χ4v) is 33.8. The minimum Gasteiger partial charge on any atom is -0.507 e. The smallest absolute Gasteiger partial charge is 0.314 e. The number of hydrogen-bond acceptors (Lipinski definition) is 12. The average molecular weight is 959 g/mol. The van der Waals surface area contributed by atoms with Crippen LogP contribution < -0.4 is 19.5 Å². The van der Waals surface area contributed by atoms with Gasteiger partial charge in [-0.2, -0.15) is 0 Å². The molecule has 3 atom stereocenters. The molecule has 0 saturated carbocycles. The monoisotopic (exact) mass is 957 g/mol. The van der Waals surface area contributed by atoms with Crippen molar-refractivity contribution in [2.24, 2.45) is 21.8 Å². The number of nitrogens with zero attached hydrogens (tertiary/aromatic N) is 2. The Hall–Kier alpha value is -3.06. The molecule has 62 heavy (non-hydrogen) atoms. The summed E-state index contributed by atoms with van der Waals surface area (Å²) >= 11 is 0. The number of aromatic hydroxyl groups is 2. The van der Waals surface area contributed by atoms with Crippen molar-refractivity contribution in [2.75, 3.05) is 20.3 Å². The molecule has 0 spiro atoms. The maximum absolute atomic E-state index is 11.5. The topological polar surface area (TPSA) is 142 Å². The van der Waals surface area contributed by atoms with Crippen LogP contribution in [0.15, 0.2) is 70.6 Å². The first-order valence-electron chi connectivity index (χ1n) is 21.7. The second kappa shape index (κ2) is 20.4. The SMILES string of the molecule is COc1ccc(C2=NC(c3ccc(OCC(C)C[Si](C)(O[Si](C)(C)C)O[Si](C)(C)C)cc3O)N=C(c3ccc(OCC(C)C[Si](C)(O[Si](C)(C)C)O[Si](C)(C)C)cc3O)N2)cc1. The third-order valence-corrected chi connectivity index (χ3v) is 28.8. The Morgan fingerprint density at radius 3 is 1.35 bits per heavy atom. The Morgan fingerprint density at radius 2 is 0.952 bits per heavy atom. The molecule has 3 N–H and O–H groups in total. The molecular formula is C44H75N3O9Si6. The lowest BCUT2D eigenvalue weighted by Gasteiger charge is -2.39. The number of phenolic OH excluding ortho intramolecular Hbond substituents is 2. The molecule has 0 bridgehead atoms. The Morgan fingerprint density at radius 1 is 0.548 bits per heavy atom. The molecule has 12 nitrogen and oxygen atoms in total. The zero-order valence-electron chi connectivity index (χ0n) is 40.5. The summed E-state index contributed by atoms with van der Waals surface area (Å²) in [6.07, 6.45) is -0.827. The summed E-state index contributed by atoms with van der Waals surface area (Å²) in [5.41, 5.74) is 1.73. The Kier molecular flexibility index (Phi) is 17.0. The summed E-state index contributed by atoms with van der Waals surface area (Å²) in [4.78, 5) is 9.84. The van der Waals surface area contributed by atoms with E-state index in [1.807, 2.05) is 36.4 Å². The highest BCUT2D eigenvalue weighted by molar-refractivity contribution is 6.88. The van der Waals surface area contributed by atoms with E-state index in [1.165, 1.54) is 0 Å². The minimum atomic E-state index is -2.45. The third-order valence-electron chi connectivity index (χ3n) is 9.20. The van der Waals surface area contributed by atoms with E-state index in [1.54, 1.807) is 31.4 Å². The van der Waals surface area contributed by atoms with Crippen LogP contribution in [0.5, 0.6) is 28.7 Å². The van der Waals surface area contributed by atoms with Crippen LogP contribution in [0.3, 0.4) is 0 Å². The van der Waals surface area contributed by atoms with E-state index in [0.29, 0.717) is 53.3 Å². The molecule has 3 unspecified atom stereocenters. The molecule has 1 aliphatic heterocycles. The van der Waals surface area contributed by atoms with Gasteiger partial charge in [-0.05, 0) is 164 Å². The lowest BCUT2D eigenvalue weighted by Crippen LogP contribution is -2.53. The van der Waals surface area contributed by atoms with E-state index in [9.17, 15) is 10.2 Å². The van der Waals surface area contributed by atoms with E-state index in [-0.39, 0.29) is 23.3 Å². The largest absolute Gasteiger partial charge is 0.507 e. The van der Waals surface area contributed by atoms with Gasteiger partial charge >= 0.3 is 17.1 Å². The summed E-state index contributed by atoms with van der Waals surface area (Å²) in [6.45, 7) is 36.1. The Bertz CT molecular complexity index is 1990. The third kappa shape index (κ3) is 16.8. The zero-order chi connectivity index (χ0) is 46.5. The molecule has 344 valence electrons. The fraction of sp³-hybridized carbons (Fsp3) is 0.545. The lowest BCUT2D eigenvalue weighted by molar-refractivity contribution is 0.257. The van der Waals surface area contributed by atoms with Crippen molar-refractivity contribution in [3.8, 4) is 28.7 Å². The van der Waals surface area contributed by atoms with Crippen LogP contribution >= 0.6 is 0 Å². The maximum atomic E-state index is 11.5. The minimum absolute atomic E-state index is 0.00179. The summed E-state index contributed by atoms with van der Waals surface area (Å²) in [7, 11) is -10.6. The number of ether oxygens (including phenoxy) is 3. The number of phenols is 2. The number of nitrogens with one attached hydrogen (secondary N) is 1. The number of amidine groups is 2. The van der Waals surface area contributed by atoms with E-state index in [2.05, 4.69) is 111 Å². The molecule has 0 fully saturated rings. The van der Waals surface area contributed by atoms with Gasteiger partial charge in [-0.1, -0.05) is 13.8 Å². The first-order valence-corrected chi connectivity index (χ1v) is 40.4. The molecule has 1 aliphatic rings. The van der Waals surface area contributed by atoms with Crippen LogP contribution in [0.1, 0.15) is 36.7 Å². The van der Waals surface area contributed by atoms with Gasteiger partial charge in [0.25, 0.3) is 0 Å². The number of benzene rings is 3. The summed E-state index contributed by atoms with van der Waals surface area (Å²) in [5, 5.41) is 26.2. The Labute approximate surface area is 378 Å². The number of methoxy groups -OCH3 is 1. The van der Waals surface area contributed by atoms with Gasteiger partial charge in [-0.15, -0.1) is 0 Å². The summed E-state index contributed by atoms with van der Waals surface area (Å²) in [6, 6.07) is 19.6. The molecule has 0 aromatic heterocycles. The maximum Gasteiger partial charge on any atom is 0.314 e. The molecular weight excluding hydrogens is 883 g/mol. The quantitative estimate of drug-likeness (QED) is 0.0833. The molecule has 0 amide bonds. The zero-order valence-corrected chi connectivity index (χ0v) is 46.5. The first-order chi connectivity index (χ1) is 28.4. The molecule has 4 rings (SSSR count). The van der Waals surface area contributed by atoms with Gasteiger partial charge in [-0.3, -0.25) is 0 Å². The average Bonchev–Trinajstić information content (AvgIpc) is 3.09. The molecule has 0 radical (unpaired) electrons. The molecule has 18 heteroatoms. The van der Waals surface area contributed by atoms with Crippen LogP contribution in [0.2, 0.25) is 104 Å². The van der Waals surface area contributed by atoms with Crippen molar-refractivity contribution in [2.45, 2.75) is 124 Å². The molecule has 3 aromatic rings. The van der Waals surface area contributed by atoms with Crippen LogP contribution in [0.4, 0.5) is 0 Å². The van der Waals surface area contributed by atoms with Crippen LogP contribution in [-0.4, -0.2) is 92.6 Å². The van der Waals surface area contributed by atoms with Gasteiger partial charge in [0.1, 0.15) is 40.4 Å². The Balaban J connectivity index is 1.55. The van der Waals surface area contributed by atoms with Crippen molar-refractivity contribution in [1.29, 1.82) is 0 Å². The predicted molar refractivity (Wildman–Crippen MR) is 268 cm³/mol. The molecule has 3 aromatic carbocycles. The highest BCUT2D eigenvalue weighted by atomic mass is 28.5. The summed E-state index contributed by atoms with van der Waals surface area (Å²) in [5.74, 6) is 3.03. The van der Waals surface area contributed by atoms with Gasteiger partial charge < -0.3 is 46.2 Å². The van der Waals surface area contributed by atoms with Gasteiger partial charge in [0.05, 0.1) is 25.9 Å². The second-order valence-corrected chi connectivity index (χ2v) is 46.5. The van der Waals surface area contributed by atoms with Crippen molar-refractivity contribution >= 4 is 62.1 Å². The second-order valence-electron chi connectivity index (χ2n) is 20.9. The highest BCUT2D eigenvalue weighted by Crippen LogP contribution is 2.36. The normalized spacial score (nSPS) is 16.5.